The Balaban J connectivity index is 2.45. The highest BCUT2D eigenvalue weighted by molar-refractivity contribution is 5.97. The fourth-order valence-corrected chi connectivity index (χ4v) is 1.99. The van der Waals surface area contributed by atoms with Gasteiger partial charge < -0.3 is 20.5 Å². The van der Waals surface area contributed by atoms with Crippen LogP contribution < -0.4 is 15.4 Å². The standard InChI is InChI=1S/C15H16N2O3/c1-17(10-5-3-6-11(9-10)20-2)13-8-4-7-12(14(13)16)15(18)19/h3-9H,16H2,1-2H3,(H,18,19). The normalized spacial score (nSPS) is 10.1. The highest BCUT2D eigenvalue weighted by Gasteiger charge is 2.14. The lowest BCUT2D eigenvalue weighted by atomic mass is 10.1. The minimum atomic E-state index is -1.04. The van der Waals surface area contributed by atoms with Crippen molar-refractivity contribution < 1.29 is 14.6 Å². The molecule has 0 aliphatic rings. The molecule has 0 saturated carbocycles. The molecule has 0 saturated heterocycles. The SMILES string of the molecule is COc1cccc(N(C)c2cccc(C(=O)O)c2N)c1. The molecule has 0 atom stereocenters. The number of hydrogen-bond acceptors (Lipinski definition) is 4. The molecule has 0 spiro atoms. The molecular formula is C15H16N2O3. The third-order valence-corrected chi connectivity index (χ3v) is 3.12. The maximum absolute atomic E-state index is 11.1. The van der Waals surface area contributed by atoms with Crippen LogP contribution in [0.3, 0.4) is 0 Å². The van der Waals surface area contributed by atoms with Crippen molar-refractivity contribution >= 4 is 23.0 Å². The van der Waals surface area contributed by atoms with Gasteiger partial charge in [-0.05, 0) is 24.3 Å². The van der Waals surface area contributed by atoms with Gasteiger partial charge in [0.1, 0.15) is 5.75 Å². The first kappa shape index (κ1) is 13.7. The van der Waals surface area contributed by atoms with Crippen molar-refractivity contribution in [2.24, 2.45) is 0 Å². The summed E-state index contributed by atoms with van der Waals surface area (Å²) >= 11 is 0. The summed E-state index contributed by atoms with van der Waals surface area (Å²) in [7, 11) is 3.42. The first-order valence-electron chi connectivity index (χ1n) is 6.04. The fraction of sp³-hybridized carbons (Fsp3) is 0.133. The second kappa shape index (κ2) is 5.52. The van der Waals surface area contributed by atoms with Gasteiger partial charge in [-0.3, -0.25) is 0 Å². The molecule has 0 unspecified atom stereocenters. The number of rotatable bonds is 4. The summed E-state index contributed by atoms with van der Waals surface area (Å²) in [6.07, 6.45) is 0. The van der Waals surface area contributed by atoms with Crippen LogP contribution in [0.25, 0.3) is 0 Å². The molecule has 2 rings (SSSR count). The molecule has 2 aromatic carbocycles. The van der Waals surface area contributed by atoms with Crippen LogP contribution in [-0.2, 0) is 0 Å². The number of para-hydroxylation sites is 1. The molecule has 0 fully saturated rings. The molecule has 5 heteroatoms. The number of nitrogens with two attached hydrogens (primary N) is 1. The number of aromatic carboxylic acids is 1. The summed E-state index contributed by atoms with van der Waals surface area (Å²) in [5.41, 5.74) is 7.77. The van der Waals surface area contributed by atoms with Gasteiger partial charge in [0.2, 0.25) is 0 Å². The molecule has 0 radical (unpaired) electrons. The second-order valence-electron chi connectivity index (χ2n) is 4.30. The van der Waals surface area contributed by atoms with Gasteiger partial charge in [-0.25, -0.2) is 4.79 Å². The molecule has 0 aliphatic heterocycles. The van der Waals surface area contributed by atoms with E-state index in [4.69, 9.17) is 15.6 Å². The minimum absolute atomic E-state index is 0.0947. The number of hydrogen-bond donors (Lipinski definition) is 2. The number of anilines is 3. The zero-order chi connectivity index (χ0) is 14.7. The highest BCUT2D eigenvalue weighted by atomic mass is 16.5. The Labute approximate surface area is 117 Å². The molecule has 104 valence electrons. The molecule has 0 aliphatic carbocycles. The molecule has 20 heavy (non-hydrogen) atoms. The van der Waals surface area contributed by atoms with Crippen molar-refractivity contribution in [2.45, 2.75) is 0 Å². The predicted octanol–water partition coefficient (Wildman–Crippen LogP) is 2.74. The van der Waals surface area contributed by atoms with E-state index >= 15 is 0 Å². The summed E-state index contributed by atoms with van der Waals surface area (Å²) in [5.74, 6) is -0.314. The van der Waals surface area contributed by atoms with Gasteiger partial charge in [0.25, 0.3) is 0 Å². The van der Waals surface area contributed by atoms with E-state index in [0.717, 1.165) is 11.4 Å². The average molecular weight is 272 g/mol. The maximum atomic E-state index is 11.1. The van der Waals surface area contributed by atoms with Gasteiger partial charge in [-0.1, -0.05) is 12.1 Å². The summed E-state index contributed by atoms with van der Waals surface area (Å²) in [6.45, 7) is 0. The number of benzene rings is 2. The van der Waals surface area contributed by atoms with Crippen molar-refractivity contribution in [1.82, 2.24) is 0 Å². The number of carboxylic acid groups (broad SMARTS) is 1. The molecule has 0 bridgehead atoms. The fourth-order valence-electron chi connectivity index (χ4n) is 1.99. The van der Waals surface area contributed by atoms with Crippen LogP contribution in [0, 0.1) is 0 Å². The maximum Gasteiger partial charge on any atom is 0.337 e. The van der Waals surface area contributed by atoms with Gasteiger partial charge in [0.15, 0.2) is 0 Å². The van der Waals surface area contributed by atoms with Gasteiger partial charge >= 0.3 is 5.97 Å². The Morgan fingerprint density at radius 3 is 2.60 bits per heavy atom. The number of carbonyl (C=O) groups is 1. The van der Waals surface area contributed by atoms with Crippen molar-refractivity contribution in [1.29, 1.82) is 0 Å². The zero-order valence-corrected chi connectivity index (χ0v) is 11.3. The number of ether oxygens (including phenoxy) is 1. The highest BCUT2D eigenvalue weighted by Crippen LogP contribution is 2.32. The van der Waals surface area contributed by atoms with Crippen LogP contribution >= 0.6 is 0 Å². The molecule has 5 nitrogen and oxygen atoms in total. The quantitative estimate of drug-likeness (QED) is 0.837. The zero-order valence-electron chi connectivity index (χ0n) is 11.3. The van der Waals surface area contributed by atoms with Crippen molar-refractivity contribution in [3.63, 3.8) is 0 Å². The number of methoxy groups -OCH3 is 1. The van der Waals surface area contributed by atoms with Crippen LogP contribution in [0.15, 0.2) is 42.5 Å². The van der Waals surface area contributed by atoms with Crippen LogP contribution in [0.2, 0.25) is 0 Å². The second-order valence-corrected chi connectivity index (χ2v) is 4.30. The van der Waals surface area contributed by atoms with Gasteiger partial charge in [0.05, 0.1) is 24.0 Å². The molecule has 3 N–H and O–H groups in total. The van der Waals surface area contributed by atoms with Crippen molar-refractivity contribution in [2.75, 3.05) is 24.8 Å². The Bertz CT molecular complexity index is 641. The smallest absolute Gasteiger partial charge is 0.337 e. The Morgan fingerprint density at radius 1 is 1.25 bits per heavy atom. The average Bonchev–Trinajstić information content (AvgIpc) is 2.46. The topological polar surface area (TPSA) is 75.8 Å². The van der Waals surface area contributed by atoms with Crippen LogP contribution in [0.5, 0.6) is 5.75 Å². The minimum Gasteiger partial charge on any atom is -0.497 e. The Hall–Kier alpha value is -2.69. The monoisotopic (exact) mass is 272 g/mol. The first-order chi connectivity index (χ1) is 9.54. The van der Waals surface area contributed by atoms with E-state index < -0.39 is 5.97 Å². The summed E-state index contributed by atoms with van der Waals surface area (Å²) < 4.78 is 5.18. The molecule has 0 heterocycles. The largest absolute Gasteiger partial charge is 0.497 e. The number of nitrogen functional groups attached to an aromatic ring is 1. The lowest BCUT2D eigenvalue weighted by molar-refractivity contribution is 0.0698. The van der Waals surface area contributed by atoms with Gasteiger partial charge in [0, 0.05) is 18.8 Å². The van der Waals surface area contributed by atoms with E-state index in [0.29, 0.717) is 5.69 Å². The molecular weight excluding hydrogens is 256 g/mol. The molecule has 2 aromatic rings. The summed E-state index contributed by atoms with van der Waals surface area (Å²) in [4.78, 5) is 12.9. The lowest BCUT2D eigenvalue weighted by Crippen LogP contribution is -2.14. The van der Waals surface area contributed by atoms with E-state index in [1.54, 1.807) is 19.2 Å². The molecule has 0 aromatic heterocycles. The Kier molecular flexibility index (Phi) is 3.79. The van der Waals surface area contributed by atoms with Gasteiger partial charge in [-0.2, -0.15) is 0 Å². The number of carboxylic acids is 1. The van der Waals surface area contributed by atoms with Crippen molar-refractivity contribution in [3.8, 4) is 5.75 Å². The predicted molar refractivity (Wildman–Crippen MR) is 78.9 cm³/mol. The van der Waals surface area contributed by atoms with Crippen LogP contribution in [0.1, 0.15) is 10.4 Å². The number of nitrogens with zero attached hydrogens (tertiary/aromatic N) is 1. The summed E-state index contributed by atoms with van der Waals surface area (Å²) in [5, 5.41) is 9.11. The first-order valence-corrected chi connectivity index (χ1v) is 6.04. The van der Waals surface area contributed by atoms with Crippen LogP contribution in [-0.4, -0.2) is 25.2 Å². The van der Waals surface area contributed by atoms with E-state index in [-0.39, 0.29) is 11.3 Å². The third-order valence-electron chi connectivity index (χ3n) is 3.12. The van der Waals surface area contributed by atoms with E-state index in [2.05, 4.69) is 0 Å². The van der Waals surface area contributed by atoms with E-state index in [1.807, 2.05) is 36.2 Å². The third kappa shape index (κ3) is 2.51. The summed E-state index contributed by atoms with van der Waals surface area (Å²) in [6, 6.07) is 12.4. The van der Waals surface area contributed by atoms with E-state index in [1.165, 1.54) is 6.07 Å². The molecule has 0 amide bonds. The van der Waals surface area contributed by atoms with Gasteiger partial charge in [-0.15, -0.1) is 0 Å². The van der Waals surface area contributed by atoms with Crippen LogP contribution in [0.4, 0.5) is 17.1 Å². The lowest BCUT2D eigenvalue weighted by Gasteiger charge is -2.22. The Morgan fingerprint density at radius 2 is 1.95 bits per heavy atom. The van der Waals surface area contributed by atoms with Crippen molar-refractivity contribution in [3.05, 3.63) is 48.0 Å². The van der Waals surface area contributed by atoms with E-state index in [9.17, 15) is 4.79 Å².